The monoisotopic (exact) mass is 368 g/mol. The van der Waals surface area contributed by atoms with Crippen LogP contribution in [0.15, 0.2) is 0 Å². The molecule has 136 valence electrons. The van der Waals surface area contributed by atoms with Crippen molar-refractivity contribution >= 4 is 33.5 Å². The maximum atomic E-state index is 10.2. The van der Waals surface area contributed by atoms with Crippen LogP contribution in [-0.2, 0) is 9.59 Å². The molecular formula is C15H30NO5S2+. The molecule has 0 aromatic rings. The van der Waals surface area contributed by atoms with Gasteiger partial charge >= 0.3 is 11.9 Å². The van der Waals surface area contributed by atoms with Crippen molar-refractivity contribution in [3.05, 3.63) is 0 Å². The quantitative estimate of drug-likeness (QED) is 0.326. The number of aliphatic hydroxyl groups is 1. The van der Waals surface area contributed by atoms with Crippen LogP contribution in [0.4, 0.5) is 0 Å². The van der Waals surface area contributed by atoms with E-state index in [1.165, 1.54) is 18.6 Å². The first-order valence-electron chi connectivity index (χ1n) is 7.80. The second-order valence-electron chi connectivity index (χ2n) is 6.69. The van der Waals surface area contributed by atoms with Crippen molar-refractivity contribution in [2.24, 2.45) is 0 Å². The highest BCUT2D eigenvalue weighted by Gasteiger charge is 2.17. The fourth-order valence-electron chi connectivity index (χ4n) is 2.11. The van der Waals surface area contributed by atoms with E-state index in [0.29, 0.717) is 17.4 Å². The lowest BCUT2D eigenvalue weighted by Gasteiger charge is -2.25. The van der Waals surface area contributed by atoms with Crippen LogP contribution >= 0.6 is 21.6 Å². The zero-order valence-corrected chi connectivity index (χ0v) is 15.9. The minimum Gasteiger partial charge on any atom is -0.481 e. The van der Waals surface area contributed by atoms with Crippen LogP contribution in [0.25, 0.3) is 0 Å². The standard InChI is InChI=1S/C8H14O2S2.C7H15NO3/c9-8(10)4-2-1-3-7-5-6-11-12-7;1-8(2,3)5-6(9)4-7(10)11/h7H,1-6H2,(H,9,10);6,9H,4-5H2,1-3H3/p+1/t7-;6-/m11/s1. The molecule has 0 spiro atoms. The molecule has 8 heteroatoms. The molecule has 0 bridgehead atoms. The number of hydrogen-bond donors (Lipinski definition) is 3. The van der Waals surface area contributed by atoms with E-state index in [1.54, 1.807) is 0 Å². The first-order valence-corrected chi connectivity index (χ1v) is 10.2. The largest absolute Gasteiger partial charge is 0.481 e. The number of nitrogens with zero attached hydrogens (tertiary/aromatic N) is 1. The van der Waals surface area contributed by atoms with Crippen LogP contribution in [-0.4, -0.2) is 76.5 Å². The zero-order chi connectivity index (χ0) is 17.9. The third kappa shape index (κ3) is 16.2. The molecule has 1 saturated heterocycles. The number of unbranched alkanes of at least 4 members (excludes halogenated alkanes) is 1. The lowest BCUT2D eigenvalue weighted by Crippen LogP contribution is -2.42. The molecule has 1 fully saturated rings. The summed E-state index contributed by atoms with van der Waals surface area (Å²) in [6.45, 7) is 0.465. The molecule has 1 aliphatic heterocycles. The molecule has 3 N–H and O–H groups in total. The topological polar surface area (TPSA) is 94.8 Å². The van der Waals surface area contributed by atoms with E-state index in [-0.39, 0.29) is 6.42 Å². The van der Waals surface area contributed by atoms with Gasteiger partial charge in [-0.25, -0.2) is 0 Å². The maximum absolute atomic E-state index is 10.2. The fourth-order valence-corrected chi connectivity index (χ4v) is 5.14. The number of hydrogen-bond acceptors (Lipinski definition) is 5. The number of carboxylic acid groups (broad SMARTS) is 2. The summed E-state index contributed by atoms with van der Waals surface area (Å²) in [5, 5.41) is 26.7. The zero-order valence-electron chi connectivity index (χ0n) is 14.2. The Bertz CT molecular complexity index is 354. The molecule has 1 heterocycles. The molecular weight excluding hydrogens is 338 g/mol. The Kier molecular flexibility index (Phi) is 11.8. The highest BCUT2D eigenvalue weighted by atomic mass is 33.1. The molecule has 0 aromatic heterocycles. The van der Waals surface area contributed by atoms with E-state index in [0.717, 1.165) is 18.1 Å². The second kappa shape index (κ2) is 12.0. The summed E-state index contributed by atoms with van der Waals surface area (Å²) >= 11 is 0. The smallest absolute Gasteiger partial charge is 0.306 e. The summed E-state index contributed by atoms with van der Waals surface area (Å²) in [5.74, 6) is -0.344. The van der Waals surface area contributed by atoms with E-state index in [2.05, 4.69) is 0 Å². The Morgan fingerprint density at radius 2 is 1.83 bits per heavy atom. The Morgan fingerprint density at radius 3 is 2.26 bits per heavy atom. The van der Waals surface area contributed by atoms with Crippen LogP contribution in [0, 0.1) is 0 Å². The van der Waals surface area contributed by atoms with Gasteiger partial charge in [-0.3, -0.25) is 9.59 Å². The van der Waals surface area contributed by atoms with Crippen molar-refractivity contribution in [2.45, 2.75) is 49.9 Å². The number of quaternary nitrogens is 1. The van der Waals surface area contributed by atoms with Gasteiger partial charge in [0.1, 0.15) is 12.6 Å². The molecule has 1 rings (SSSR count). The summed E-state index contributed by atoms with van der Waals surface area (Å²) in [6.07, 6.45) is 3.85. The number of carbonyl (C=O) groups is 2. The van der Waals surface area contributed by atoms with Crippen LogP contribution in [0.3, 0.4) is 0 Å². The van der Waals surface area contributed by atoms with Gasteiger partial charge in [-0.05, 0) is 19.3 Å². The van der Waals surface area contributed by atoms with Crippen LogP contribution < -0.4 is 0 Å². The Morgan fingerprint density at radius 1 is 1.17 bits per heavy atom. The molecule has 0 saturated carbocycles. The SMILES string of the molecule is C[N+](C)(C)C[C@H](O)CC(=O)O.O=C(O)CCCC[C@@H]1CCSS1. The van der Waals surface area contributed by atoms with Gasteiger partial charge in [0.05, 0.1) is 27.6 Å². The van der Waals surface area contributed by atoms with E-state index >= 15 is 0 Å². The van der Waals surface area contributed by atoms with Crippen molar-refractivity contribution in [3.8, 4) is 0 Å². The first kappa shape index (κ1) is 22.6. The highest BCUT2D eigenvalue weighted by molar-refractivity contribution is 8.77. The van der Waals surface area contributed by atoms with Crippen molar-refractivity contribution in [1.82, 2.24) is 0 Å². The maximum Gasteiger partial charge on any atom is 0.306 e. The Balaban J connectivity index is 0.000000423. The van der Waals surface area contributed by atoms with Crippen molar-refractivity contribution < 1.29 is 29.4 Å². The lowest BCUT2D eigenvalue weighted by molar-refractivity contribution is -0.873. The van der Waals surface area contributed by atoms with Crippen LogP contribution in [0.5, 0.6) is 0 Å². The average molecular weight is 369 g/mol. The minimum atomic E-state index is -0.953. The summed E-state index contributed by atoms with van der Waals surface area (Å²) < 4.78 is 0.578. The summed E-state index contributed by atoms with van der Waals surface area (Å²) in [6, 6.07) is 0. The van der Waals surface area contributed by atoms with E-state index in [1.807, 2.05) is 42.7 Å². The van der Waals surface area contributed by atoms with Gasteiger partial charge in [-0.15, -0.1) is 0 Å². The van der Waals surface area contributed by atoms with Gasteiger partial charge in [0, 0.05) is 17.4 Å². The highest BCUT2D eigenvalue weighted by Crippen LogP contribution is 2.39. The van der Waals surface area contributed by atoms with Gasteiger partial charge < -0.3 is 19.8 Å². The summed E-state index contributed by atoms with van der Waals surface area (Å²) in [5.41, 5.74) is 0. The van der Waals surface area contributed by atoms with Gasteiger partial charge in [0.2, 0.25) is 0 Å². The molecule has 0 amide bonds. The van der Waals surface area contributed by atoms with E-state index < -0.39 is 18.0 Å². The molecule has 0 unspecified atom stereocenters. The first-order chi connectivity index (χ1) is 10.6. The average Bonchev–Trinajstić information content (AvgIpc) is 2.84. The Labute approximate surface area is 146 Å². The number of rotatable bonds is 9. The van der Waals surface area contributed by atoms with Crippen molar-refractivity contribution in [3.63, 3.8) is 0 Å². The third-order valence-electron chi connectivity index (χ3n) is 3.06. The minimum absolute atomic E-state index is 0.171. The third-order valence-corrected chi connectivity index (χ3v) is 6.07. The second-order valence-corrected chi connectivity index (χ2v) is 9.48. The van der Waals surface area contributed by atoms with Crippen LogP contribution in [0.1, 0.15) is 38.5 Å². The Hall–Kier alpha value is -0.440. The molecule has 23 heavy (non-hydrogen) atoms. The summed E-state index contributed by atoms with van der Waals surface area (Å²) in [7, 11) is 9.64. The normalized spacial score (nSPS) is 18.9. The molecule has 0 aliphatic carbocycles. The van der Waals surface area contributed by atoms with Crippen molar-refractivity contribution in [2.75, 3.05) is 33.4 Å². The number of aliphatic hydroxyl groups excluding tert-OH is 1. The molecule has 0 aromatic carbocycles. The molecule has 2 atom stereocenters. The number of aliphatic carboxylic acids is 2. The molecule has 0 radical (unpaired) electrons. The van der Waals surface area contributed by atoms with Gasteiger partial charge in [-0.1, -0.05) is 28.0 Å². The van der Waals surface area contributed by atoms with Crippen molar-refractivity contribution in [1.29, 1.82) is 0 Å². The van der Waals surface area contributed by atoms with Gasteiger partial charge in [0.25, 0.3) is 0 Å². The predicted octanol–water partition coefficient (Wildman–Crippen LogP) is 2.31. The van der Waals surface area contributed by atoms with E-state index in [4.69, 9.17) is 15.3 Å². The number of carboxylic acids is 2. The molecule has 6 nitrogen and oxygen atoms in total. The van der Waals surface area contributed by atoms with Gasteiger partial charge in [0.15, 0.2) is 0 Å². The predicted molar refractivity (Wildman–Crippen MR) is 95.7 cm³/mol. The number of likely N-dealkylation sites (N-methyl/N-ethyl adjacent to an activating group) is 1. The van der Waals surface area contributed by atoms with Gasteiger partial charge in [-0.2, -0.15) is 0 Å². The molecule has 1 aliphatic rings. The van der Waals surface area contributed by atoms with Crippen LogP contribution in [0.2, 0.25) is 0 Å². The fraction of sp³-hybridized carbons (Fsp3) is 0.867. The van der Waals surface area contributed by atoms with E-state index in [9.17, 15) is 9.59 Å². The lowest BCUT2D eigenvalue weighted by atomic mass is 10.1. The summed E-state index contributed by atoms with van der Waals surface area (Å²) in [4.78, 5) is 20.3.